The summed E-state index contributed by atoms with van der Waals surface area (Å²) in [7, 11) is 0. The third-order valence-corrected chi connectivity index (χ3v) is 8.00. The van der Waals surface area contributed by atoms with Crippen LogP contribution < -0.4 is 20.3 Å². The number of carbonyl (C=O) groups excluding carboxylic acids is 2. The average Bonchev–Trinajstić information content (AvgIpc) is 3.17. The van der Waals surface area contributed by atoms with E-state index >= 15 is 0 Å². The summed E-state index contributed by atoms with van der Waals surface area (Å²) in [6.07, 6.45) is 3.58. The highest BCUT2D eigenvalue weighted by molar-refractivity contribution is 5.97. The molecular weight excluding hydrogens is 498 g/mol. The number of ether oxygens (including phenoxy) is 3. The van der Waals surface area contributed by atoms with Gasteiger partial charge in [-0.2, -0.15) is 0 Å². The molecule has 0 spiro atoms. The molecule has 1 atom stereocenters. The molecule has 1 aromatic heterocycles. The van der Waals surface area contributed by atoms with Gasteiger partial charge in [-0.3, -0.25) is 9.59 Å². The number of amides is 2. The van der Waals surface area contributed by atoms with Crippen LogP contribution in [0.2, 0.25) is 0 Å². The lowest BCUT2D eigenvalue weighted by molar-refractivity contribution is -0.121. The SMILES string of the molecule is Cc1cc(C)c(CN2CCc3cc4c(cc3C2=O)OC(C)([C@H]2CC[C@H](NC(=O)OC(C)(C)C)CC2)O4)c(=O)[nH]1. The van der Waals surface area contributed by atoms with Gasteiger partial charge in [-0.15, -0.1) is 0 Å². The van der Waals surface area contributed by atoms with Gasteiger partial charge in [0, 0.05) is 42.2 Å². The molecule has 1 fully saturated rings. The van der Waals surface area contributed by atoms with E-state index in [-0.39, 0.29) is 36.1 Å². The first-order chi connectivity index (χ1) is 18.3. The summed E-state index contributed by atoms with van der Waals surface area (Å²) in [6.45, 7) is 12.1. The normalized spacial score (nSPS) is 24.4. The lowest BCUT2D eigenvalue weighted by Crippen LogP contribution is -2.48. The zero-order chi connectivity index (χ0) is 28.1. The van der Waals surface area contributed by atoms with E-state index in [1.165, 1.54) is 0 Å². The summed E-state index contributed by atoms with van der Waals surface area (Å²) in [4.78, 5) is 42.7. The number of H-pyrrole nitrogens is 1. The number of hydrogen-bond donors (Lipinski definition) is 2. The lowest BCUT2D eigenvalue weighted by Gasteiger charge is -2.37. The number of aryl methyl sites for hydroxylation is 2. The van der Waals surface area contributed by atoms with Crippen molar-refractivity contribution in [3.05, 3.63) is 56.5 Å². The Kier molecular flexibility index (Phi) is 6.89. The second-order valence-electron chi connectivity index (χ2n) is 12.3. The van der Waals surface area contributed by atoms with Gasteiger partial charge in [0.2, 0.25) is 0 Å². The molecule has 2 aromatic rings. The van der Waals surface area contributed by atoms with Crippen LogP contribution in [0.25, 0.3) is 0 Å². The number of fused-ring (bicyclic) bond motifs is 2. The van der Waals surface area contributed by atoms with Crippen molar-refractivity contribution in [3.63, 3.8) is 0 Å². The predicted molar refractivity (Wildman–Crippen MR) is 146 cm³/mol. The molecule has 2 amide bonds. The van der Waals surface area contributed by atoms with Crippen LogP contribution in [-0.4, -0.2) is 45.9 Å². The summed E-state index contributed by atoms with van der Waals surface area (Å²) in [5.41, 5.74) is 3.15. The minimum atomic E-state index is -0.835. The number of carbonyl (C=O) groups is 2. The number of alkyl carbamates (subject to hydrolysis) is 1. The zero-order valence-corrected chi connectivity index (χ0v) is 23.7. The third kappa shape index (κ3) is 5.63. The van der Waals surface area contributed by atoms with Crippen molar-refractivity contribution in [1.82, 2.24) is 15.2 Å². The second-order valence-corrected chi connectivity index (χ2v) is 12.3. The molecule has 1 aliphatic carbocycles. The molecule has 0 bridgehead atoms. The minimum absolute atomic E-state index is 0.0591. The summed E-state index contributed by atoms with van der Waals surface area (Å²) in [5.74, 6) is 0.437. The highest BCUT2D eigenvalue weighted by Crippen LogP contribution is 2.47. The Morgan fingerprint density at radius 2 is 1.77 bits per heavy atom. The Morgan fingerprint density at radius 1 is 1.10 bits per heavy atom. The molecular formula is C30H39N3O6. The van der Waals surface area contributed by atoms with E-state index < -0.39 is 11.4 Å². The van der Waals surface area contributed by atoms with Gasteiger partial charge in [0.25, 0.3) is 17.3 Å². The fraction of sp³-hybridized carbons (Fsp3) is 0.567. The smallest absolute Gasteiger partial charge is 0.407 e. The maximum atomic E-state index is 13.5. The van der Waals surface area contributed by atoms with Crippen molar-refractivity contribution in [2.75, 3.05) is 6.54 Å². The first kappa shape index (κ1) is 27.1. The van der Waals surface area contributed by atoms with Crippen LogP contribution in [0, 0.1) is 19.8 Å². The van der Waals surface area contributed by atoms with Crippen LogP contribution in [0.4, 0.5) is 4.79 Å². The predicted octanol–water partition coefficient (Wildman–Crippen LogP) is 4.76. The molecule has 1 saturated carbocycles. The number of aromatic nitrogens is 1. The molecule has 1 unspecified atom stereocenters. The van der Waals surface area contributed by atoms with E-state index in [0.29, 0.717) is 35.6 Å². The highest BCUT2D eigenvalue weighted by atomic mass is 16.7. The molecule has 2 aliphatic heterocycles. The molecule has 3 heterocycles. The summed E-state index contributed by atoms with van der Waals surface area (Å²) >= 11 is 0. The Labute approximate surface area is 229 Å². The van der Waals surface area contributed by atoms with Crippen molar-refractivity contribution in [3.8, 4) is 11.5 Å². The summed E-state index contributed by atoms with van der Waals surface area (Å²) in [6, 6.07) is 5.72. The maximum Gasteiger partial charge on any atom is 0.407 e. The van der Waals surface area contributed by atoms with Crippen molar-refractivity contribution in [2.24, 2.45) is 5.92 Å². The van der Waals surface area contributed by atoms with E-state index in [1.807, 2.05) is 53.7 Å². The van der Waals surface area contributed by atoms with Gasteiger partial charge in [0.15, 0.2) is 11.5 Å². The molecule has 5 rings (SSSR count). The Bertz CT molecular complexity index is 1350. The van der Waals surface area contributed by atoms with Crippen molar-refractivity contribution in [1.29, 1.82) is 0 Å². The molecule has 39 heavy (non-hydrogen) atoms. The fourth-order valence-electron chi connectivity index (χ4n) is 5.98. The van der Waals surface area contributed by atoms with Crippen molar-refractivity contribution in [2.45, 2.75) is 97.6 Å². The zero-order valence-electron chi connectivity index (χ0n) is 23.7. The first-order valence-electron chi connectivity index (χ1n) is 13.8. The monoisotopic (exact) mass is 537 g/mol. The van der Waals surface area contributed by atoms with Gasteiger partial charge in [-0.1, -0.05) is 0 Å². The summed E-state index contributed by atoms with van der Waals surface area (Å²) in [5, 5.41) is 2.98. The third-order valence-electron chi connectivity index (χ3n) is 8.00. The van der Waals surface area contributed by atoms with Gasteiger partial charge < -0.3 is 29.4 Å². The van der Waals surface area contributed by atoms with Crippen LogP contribution in [0.1, 0.15) is 86.1 Å². The molecule has 2 N–H and O–H groups in total. The number of benzene rings is 1. The number of nitrogens with one attached hydrogen (secondary N) is 2. The largest absolute Gasteiger partial charge is 0.448 e. The van der Waals surface area contributed by atoms with Crippen LogP contribution in [0.5, 0.6) is 11.5 Å². The lowest BCUT2D eigenvalue weighted by atomic mass is 9.81. The van der Waals surface area contributed by atoms with Crippen LogP contribution in [-0.2, 0) is 17.7 Å². The maximum absolute atomic E-state index is 13.5. The quantitative estimate of drug-likeness (QED) is 0.582. The Balaban J connectivity index is 1.24. The Morgan fingerprint density at radius 3 is 2.41 bits per heavy atom. The fourth-order valence-corrected chi connectivity index (χ4v) is 5.98. The summed E-state index contributed by atoms with van der Waals surface area (Å²) < 4.78 is 18.1. The van der Waals surface area contributed by atoms with E-state index in [2.05, 4.69) is 10.3 Å². The van der Waals surface area contributed by atoms with Gasteiger partial charge >= 0.3 is 6.09 Å². The van der Waals surface area contributed by atoms with Crippen molar-refractivity contribution >= 4 is 12.0 Å². The molecule has 1 aromatic carbocycles. The number of nitrogens with zero attached hydrogens (tertiary/aromatic N) is 1. The number of pyridine rings is 1. The van der Waals surface area contributed by atoms with Gasteiger partial charge in [-0.25, -0.2) is 4.79 Å². The van der Waals surface area contributed by atoms with Gasteiger partial charge in [-0.05, 0) is 96.0 Å². The standard InChI is InChI=1S/C30H39N3O6/c1-17-13-18(2)31-26(34)23(17)16-33-12-11-19-14-24-25(15-22(19)27(33)35)38-30(6,37-24)20-7-9-21(10-8-20)32-28(36)39-29(3,4)5/h13-15,20-21H,7-12,16H2,1-6H3,(H,31,34)(H,32,36)/t20-,21-,30?. The van der Waals surface area contributed by atoms with E-state index in [4.69, 9.17) is 14.2 Å². The topological polar surface area (TPSA) is 110 Å². The van der Waals surface area contributed by atoms with Gasteiger partial charge in [0.1, 0.15) is 5.60 Å². The van der Waals surface area contributed by atoms with E-state index in [0.717, 1.165) is 42.5 Å². The molecule has 210 valence electrons. The highest BCUT2D eigenvalue weighted by Gasteiger charge is 2.46. The van der Waals surface area contributed by atoms with Crippen LogP contribution >= 0.6 is 0 Å². The van der Waals surface area contributed by atoms with Crippen LogP contribution in [0.3, 0.4) is 0 Å². The minimum Gasteiger partial charge on any atom is -0.448 e. The number of rotatable bonds is 4. The number of aromatic amines is 1. The van der Waals surface area contributed by atoms with E-state index in [9.17, 15) is 14.4 Å². The molecule has 0 saturated heterocycles. The second kappa shape index (κ2) is 9.92. The van der Waals surface area contributed by atoms with Crippen LogP contribution in [0.15, 0.2) is 23.0 Å². The van der Waals surface area contributed by atoms with Gasteiger partial charge in [0.05, 0.1) is 6.54 Å². The Hall–Kier alpha value is -3.49. The van der Waals surface area contributed by atoms with Crippen molar-refractivity contribution < 1.29 is 23.8 Å². The molecule has 3 aliphatic rings. The first-order valence-corrected chi connectivity index (χ1v) is 13.8. The molecule has 0 radical (unpaired) electrons. The van der Waals surface area contributed by atoms with E-state index in [1.54, 1.807) is 11.0 Å². The molecule has 9 heteroatoms. The number of hydrogen-bond acceptors (Lipinski definition) is 6. The average molecular weight is 538 g/mol. The molecule has 9 nitrogen and oxygen atoms in total.